The van der Waals surface area contributed by atoms with E-state index in [1.54, 1.807) is 6.20 Å². The summed E-state index contributed by atoms with van der Waals surface area (Å²) in [4.78, 5) is 4.33. The van der Waals surface area contributed by atoms with Gasteiger partial charge < -0.3 is 10.1 Å². The van der Waals surface area contributed by atoms with Crippen molar-refractivity contribution >= 4 is 0 Å². The molecule has 20 heavy (non-hydrogen) atoms. The van der Waals surface area contributed by atoms with Crippen LogP contribution >= 0.6 is 0 Å². The summed E-state index contributed by atoms with van der Waals surface area (Å²) >= 11 is 0. The summed E-state index contributed by atoms with van der Waals surface area (Å²) in [5, 5.41) is 7.58. The molecular formula is C15H22N4O. The van der Waals surface area contributed by atoms with E-state index in [0.717, 1.165) is 30.8 Å². The second kappa shape index (κ2) is 7.05. The van der Waals surface area contributed by atoms with Gasteiger partial charge in [-0.2, -0.15) is 5.10 Å². The molecule has 0 aliphatic rings. The van der Waals surface area contributed by atoms with Crippen LogP contribution in [0.1, 0.15) is 38.8 Å². The third-order valence-electron chi connectivity index (χ3n) is 3.05. The van der Waals surface area contributed by atoms with Gasteiger partial charge in [0.2, 0.25) is 5.88 Å². The first-order valence-corrected chi connectivity index (χ1v) is 7.12. The molecule has 5 heteroatoms. The number of nitrogens with zero attached hydrogens (tertiary/aromatic N) is 3. The van der Waals surface area contributed by atoms with E-state index in [2.05, 4.69) is 36.2 Å². The number of aromatic nitrogens is 3. The van der Waals surface area contributed by atoms with Crippen molar-refractivity contribution in [1.82, 2.24) is 20.1 Å². The second-order valence-electron chi connectivity index (χ2n) is 4.75. The average Bonchev–Trinajstić information content (AvgIpc) is 2.88. The summed E-state index contributed by atoms with van der Waals surface area (Å²) < 4.78 is 7.56. The first-order chi connectivity index (χ1) is 9.72. The van der Waals surface area contributed by atoms with E-state index in [1.165, 1.54) is 0 Å². The lowest BCUT2D eigenvalue weighted by Gasteiger charge is -2.12. The molecule has 0 radical (unpaired) electrons. The fourth-order valence-electron chi connectivity index (χ4n) is 2.00. The summed E-state index contributed by atoms with van der Waals surface area (Å²) in [5.41, 5.74) is 1.15. The van der Waals surface area contributed by atoms with Crippen molar-refractivity contribution in [3.8, 4) is 11.6 Å². The van der Waals surface area contributed by atoms with Crippen LogP contribution in [-0.4, -0.2) is 21.3 Å². The Balaban J connectivity index is 1.99. The molecule has 0 saturated carbocycles. The molecule has 2 rings (SSSR count). The molecule has 0 amide bonds. The molecule has 0 aliphatic heterocycles. The number of nitrogens with one attached hydrogen (secondary N) is 1. The Kier molecular flexibility index (Phi) is 5.12. The van der Waals surface area contributed by atoms with E-state index in [0.29, 0.717) is 11.9 Å². The SMILES string of the molecule is CCCn1cc(Oc2ccc(C(C)NCC)cn2)cn1. The predicted molar refractivity (Wildman–Crippen MR) is 78.9 cm³/mol. The highest BCUT2D eigenvalue weighted by molar-refractivity contribution is 5.25. The standard InChI is InChI=1S/C15H22N4O/c1-4-8-19-11-14(10-18-19)20-15-7-6-13(9-17-15)12(3)16-5-2/h6-7,9-12,16H,4-5,8H2,1-3H3. The highest BCUT2D eigenvalue weighted by atomic mass is 16.5. The summed E-state index contributed by atoms with van der Waals surface area (Å²) in [6, 6.07) is 4.22. The predicted octanol–water partition coefficient (Wildman–Crippen LogP) is 3.15. The summed E-state index contributed by atoms with van der Waals surface area (Å²) in [5.74, 6) is 1.31. The highest BCUT2D eigenvalue weighted by Gasteiger charge is 2.06. The van der Waals surface area contributed by atoms with Crippen molar-refractivity contribution in [2.75, 3.05) is 6.54 Å². The Bertz CT molecular complexity index is 521. The molecule has 2 aromatic rings. The van der Waals surface area contributed by atoms with Crippen molar-refractivity contribution in [2.24, 2.45) is 0 Å². The van der Waals surface area contributed by atoms with Crippen molar-refractivity contribution < 1.29 is 4.74 Å². The summed E-state index contributed by atoms with van der Waals surface area (Å²) in [6.45, 7) is 8.17. The Morgan fingerprint density at radius 1 is 1.30 bits per heavy atom. The fraction of sp³-hybridized carbons (Fsp3) is 0.467. The minimum atomic E-state index is 0.300. The maximum Gasteiger partial charge on any atom is 0.219 e. The third-order valence-corrected chi connectivity index (χ3v) is 3.05. The first-order valence-electron chi connectivity index (χ1n) is 7.12. The number of aryl methyl sites for hydroxylation is 1. The van der Waals surface area contributed by atoms with Gasteiger partial charge in [0.15, 0.2) is 5.75 Å². The number of hydrogen-bond donors (Lipinski definition) is 1. The van der Waals surface area contributed by atoms with Gasteiger partial charge in [0.05, 0.1) is 12.4 Å². The number of ether oxygens (including phenoxy) is 1. The molecule has 1 atom stereocenters. The van der Waals surface area contributed by atoms with Crippen LogP contribution in [0.4, 0.5) is 0 Å². The Morgan fingerprint density at radius 3 is 2.80 bits per heavy atom. The van der Waals surface area contributed by atoms with Crippen LogP contribution < -0.4 is 10.1 Å². The van der Waals surface area contributed by atoms with Gasteiger partial charge in [-0.3, -0.25) is 4.68 Å². The van der Waals surface area contributed by atoms with Crippen molar-refractivity contribution in [2.45, 2.75) is 39.8 Å². The maximum absolute atomic E-state index is 5.69. The average molecular weight is 274 g/mol. The summed E-state index contributed by atoms with van der Waals surface area (Å²) in [7, 11) is 0. The van der Waals surface area contributed by atoms with Crippen LogP contribution in [-0.2, 0) is 6.54 Å². The van der Waals surface area contributed by atoms with E-state index in [9.17, 15) is 0 Å². The van der Waals surface area contributed by atoms with Crippen LogP contribution in [0, 0.1) is 0 Å². The number of rotatable bonds is 7. The normalized spacial score (nSPS) is 12.3. The molecule has 5 nitrogen and oxygen atoms in total. The first kappa shape index (κ1) is 14.5. The molecule has 108 valence electrons. The lowest BCUT2D eigenvalue weighted by molar-refractivity contribution is 0.460. The van der Waals surface area contributed by atoms with Gasteiger partial charge in [0.25, 0.3) is 0 Å². The molecule has 0 spiro atoms. The van der Waals surface area contributed by atoms with Gasteiger partial charge in [-0.1, -0.05) is 19.9 Å². The minimum Gasteiger partial charge on any atom is -0.436 e. The van der Waals surface area contributed by atoms with Gasteiger partial charge in [-0.15, -0.1) is 0 Å². The van der Waals surface area contributed by atoms with Crippen molar-refractivity contribution in [3.63, 3.8) is 0 Å². The molecule has 1 N–H and O–H groups in total. The molecule has 0 aliphatic carbocycles. The van der Waals surface area contributed by atoms with Crippen molar-refractivity contribution in [3.05, 3.63) is 36.3 Å². The van der Waals surface area contributed by atoms with E-state index in [-0.39, 0.29) is 0 Å². The quantitative estimate of drug-likeness (QED) is 0.842. The Hall–Kier alpha value is -1.88. The number of pyridine rings is 1. The van der Waals surface area contributed by atoms with Crippen LogP contribution in [0.25, 0.3) is 0 Å². The summed E-state index contributed by atoms with van der Waals surface area (Å²) in [6.07, 6.45) is 6.50. The van der Waals surface area contributed by atoms with Crippen LogP contribution in [0.3, 0.4) is 0 Å². The third kappa shape index (κ3) is 3.81. The second-order valence-corrected chi connectivity index (χ2v) is 4.75. The minimum absolute atomic E-state index is 0.300. The van der Waals surface area contributed by atoms with E-state index in [4.69, 9.17) is 4.74 Å². The molecule has 2 aromatic heterocycles. The largest absolute Gasteiger partial charge is 0.436 e. The van der Waals surface area contributed by atoms with Gasteiger partial charge in [-0.25, -0.2) is 4.98 Å². The molecule has 0 bridgehead atoms. The van der Waals surface area contributed by atoms with Gasteiger partial charge in [-0.05, 0) is 25.5 Å². The molecule has 0 saturated heterocycles. The molecular weight excluding hydrogens is 252 g/mol. The van der Waals surface area contributed by atoms with Gasteiger partial charge >= 0.3 is 0 Å². The monoisotopic (exact) mass is 274 g/mol. The highest BCUT2D eigenvalue weighted by Crippen LogP contribution is 2.20. The Morgan fingerprint density at radius 2 is 2.15 bits per heavy atom. The molecule has 1 unspecified atom stereocenters. The van der Waals surface area contributed by atoms with E-state index >= 15 is 0 Å². The molecule has 2 heterocycles. The maximum atomic E-state index is 5.69. The topological polar surface area (TPSA) is 52.0 Å². The molecule has 0 aromatic carbocycles. The van der Waals surface area contributed by atoms with Gasteiger partial charge in [0, 0.05) is 24.8 Å². The zero-order chi connectivity index (χ0) is 14.4. The van der Waals surface area contributed by atoms with E-state index < -0.39 is 0 Å². The van der Waals surface area contributed by atoms with E-state index in [1.807, 2.05) is 29.2 Å². The van der Waals surface area contributed by atoms with Crippen LogP contribution in [0.2, 0.25) is 0 Å². The van der Waals surface area contributed by atoms with Crippen LogP contribution in [0.15, 0.2) is 30.7 Å². The van der Waals surface area contributed by atoms with Gasteiger partial charge in [0.1, 0.15) is 0 Å². The zero-order valence-corrected chi connectivity index (χ0v) is 12.3. The number of hydrogen-bond acceptors (Lipinski definition) is 4. The lowest BCUT2D eigenvalue weighted by atomic mass is 10.1. The van der Waals surface area contributed by atoms with Crippen LogP contribution in [0.5, 0.6) is 11.6 Å². The molecule has 0 fully saturated rings. The van der Waals surface area contributed by atoms with Crippen molar-refractivity contribution in [1.29, 1.82) is 0 Å². The lowest BCUT2D eigenvalue weighted by Crippen LogP contribution is -2.17. The fourth-order valence-corrected chi connectivity index (χ4v) is 2.00. The smallest absolute Gasteiger partial charge is 0.219 e. The Labute approximate surface area is 120 Å². The zero-order valence-electron chi connectivity index (χ0n) is 12.3.